The molecule has 1 saturated heterocycles. The van der Waals surface area contributed by atoms with E-state index in [0.717, 1.165) is 36.6 Å². The zero-order valence-electron chi connectivity index (χ0n) is 15.3. The number of methoxy groups -OCH3 is 1. The van der Waals surface area contributed by atoms with Crippen molar-refractivity contribution in [3.8, 4) is 5.75 Å². The summed E-state index contributed by atoms with van der Waals surface area (Å²) in [4.78, 5) is 14.5. The molecule has 1 unspecified atom stereocenters. The van der Waals surface area contributed by atoms with Crippen LogP contribution in [-0.2, 0) is 4.79 Å². The Morgan fingerprint density at radius 2 is 2.07 bits per heavy atom. The number of anilines is 1. The molecule has 0 aromatic heterocycles. The predicted molar refractivity (Wildman–Crippen MR) is 107 cm³/mol. The van der Waals surface area contributed by atoms with Crippen molar-refractivity contribution >= 4 is 24.0 Å². The van der Waals surface area contributed by atoms with Crippen LogP contribution >= 0.6 is 12.4 Å². The van der Waals surface area contributed by atoms with Gasteiger partial charge in [-0.3, -0.25) is 9.69 Å². The Balaban J connectivity index is 0.00000261. The van der Waals surface area contributed by atoms with Crippen molar-refractivity contribution in [2.75, 3.05) is 38.6 Å². The number of amides is 1. The lowest BCUT2D eigenvalue weighted by Crippen LogP contribution is -2.46. The first-order chi connectivity index (χ1) is 12.7. The van der Waals surface area contributed by atoms with Crippen LogP contribution in [0.1, 0.15) is 18.0 Å². The molecule has 2 aromatic carbocycles. The van der Waals surface area contributed by atoms with E-state index in [1.807, 2.05) is 30.3 Å². The second-order valence-electron chi connectivity index (χ2n) is 6.34. The van der Waals surface area contributed by atoms with Crippen molar-refractivity contribution < 1.29 is 13.9 Å². The Morgan fingerprint density at radius 3 is 2.78 bits per heavy atom. The third-order valence-electron chi connectivity index (χ3n) is 4.59. The summed E-state index contributed by atoms with van der Waals surface area (Å²) in [5.41, 5.74) is 1.69. The fraction of sp³-hybridized carbons (Fsp3) is 0.350. The molecule has 0 saturated carbocycles. The molecule has 3 rings (SSSR count). The van der Waals surface area contributed by atoms with Gasteiger partial charge in [-0.05, 0) is 42.0 Å². The Labute approximate surface area is 165 Å². The normalized spacial score (nSPS) is 17.0. The van der Waals surface area contributed by atoms with Crippen molar-refractivity contribution in [2.24, 2.45) is 0 Å². The van der Waals surface area contributed by atoms with Crippen LogP contribution in [0.4, 0.5) is 10.1 Å². The monoisotopic (exact) mass is 393 g/mol. The summed E-state index contributed by atoms with van der Waals surface area (Å²) in [6.45, 7) is 3.08. The maximum Gasteiger partial charge on any atom is 0.225 e. The number of carbonyl (C=O) groups excluding carboxylic acids is 1. The fourth-order valence-electron chi connectivity index (χ4n) is 3.20. The number of rotatable bonds is 6. The van der Waals surface area contributed by atoms with Gasteiger partial charge >= 0.3 is 0 Å². The van der Waals surface area contributed by atoms with E-state index >= 15 is 0 Å². The van der Waals surface area contributed by atoms with Gasteiger partial charge in [0, 0.05) is 44.3 Å². The van der Waals surface area contributed by atoms with Crippen molar-refractivity contribution in [3.05, 3.63) is 59.9 Å². The number of hydrogen-bond donors (Lipinski definition) is 2. The van der Waals surface area contributed by atoms with Crippen molar-refractivity contribution in [1.82, 2.24) is 10.2 Å². The summed E-state index contributed by atoms with van der Waals surface area (Å²) in [7, 11) is 1.61. The van der Waals surface area contributed by atoms with Gasteiger partial charge in [-0.2, -0.15) is 0 Å². The van der Waals surface area contributed by atoms with Crippen LogP contribution in [-0.4, -0.2) is 44.1 Å². The molecule has 2 aromatic rings. The minimum Gasteiger partial charge on any atom is -0.497 e. The summed E-state index contributed by atoms with van der Waals surface area (Å²) in [5.74, 6) is 0.485. The summed E-state index contributed by atoms with van der Waals surface area (Å²) >= 11 is 0. The number of halogens is 2. The zero-order chi connectivity index (χ0) is 18.4. The lowest BCUT2D eigenvalue weighted by atomic mass is 10.0. The van der Waals surface area contributed by atoms with Crippen LogP contribution in [0, 0.1) is 5.82 Å². The number of nitrogens with one attached hydrogen (secondary N) is 2. The van der Waals surface area contributed by atoms with Gasteiger partial charge in [0.2, 0.25) is 5.91 Å². The minimum absolute atomic E-state index is 0. The van der Waals surface area contributed by atoms with Gasteiger partial charge in [0.1, 0.15) is 11.6 Å². The Bertz CT molecular complexity index is 742. The highest BCUT2D eigenvalue weighted by Gasteiger charge is 2.24. The van der Waals surface area contributed by atoms with Gasteiger partial charge in [0.05, 0.1) is 7.11 Å². The predicted octanol–water partition coefficient (Wildman–Crippen LogP) is 3.23. The van der Waals surface area contributed by atoms with Crippen LogP contribution in [0.15, 0.2) is 48.5 Å². The number of hydrogen-bond acceptors (Lipinski definition) is 4. The molecule has 0 radical (unpaired) electrons. The molecule has 1 fully saturated rings. The quantitative estimate of drug-likeness (QED) is 0.791. The molecule has 7 heteroatoms. The Kier molecular flexibility index (Phi) is 8.03. The Morgan fingerprint density at radius 1 is 1.30 bits per heavy atom. The molecule has 1 amide bonds. The lowest BCUT2D eigenvalue weighted by Gasteiger charge is -2.36. The first-order valence-corrected chi connectivity index (χ1v) is 8.80. The van der Waals surface area contributed by atoms with Crippen LogP contribution in [0.3, 0.4) is 0 Å². The summed E-state index contributed by atoms with van der Waals surface area (Å²) < 4.78 is 18.7. The SMILES string of the molecule is COc1ccc(NC(=O)CCN2CCNCC2c2cccc(F)c2)cc1.Cl. The molecular weight excluding hydrogens is 369 g/mol. The lowest BCUT2D eigenvalue weighted by molar-refractivity contribution is -0.116. The molecule has 27 heavy (non-hydrogen) atoms. The maximum absolute atomic E-state index is 13.5. The Hall–Kier alpha value is -2.15. The van der Waals surface area contributed by atoms with E-state index in [0.29, 0.717) is 13.0 Å². The number of ether oxygens (including phenoxy) is 1. The van der Waals surface area contributed by atoms with E-state index in [2.05, 4.69) is 15.5 Å². The fourth-order valence-corrected chi connectivity index (χ4v) is 3.20. The number of piperazine rings is 1. The van der Waals surface area contributed by atoms with E-state index in [9.17, 15) is 9.18 Å². The molecule has 0 aliphatic carbocycles. The van der Waals surface area contributed by atoms with Gasteiger partial charge in [0.25, 0.3) is 0 Å². The van der Waals surface area contributed by atoms with E-state index in [1.165, 1.54) is 6.07 Å². The minimum atomic E-state index is -0.231. The van der Waals surface area contributed by atoms with Gasteiger partial charge < -0.3 is 15.4 Å². The number of carbonyl (C=O) groups is 1. The standard InChI is InChI=1S/C20H24FN3O2.ClH/c1-26-18-7-5-17(6-8-18)23-20(25)9-11-24-12-10-22-14-19(24)15-3-2-4-16(21)13-15;/h2-8,13,19,22H,9-12,14H2,1H3,(H,23,25);1H. The summed E-state index contributed by atoms with van der Waals surface area (Å²) in [6.07, 6.45) is 0.387. The summed E-state index contributed by atoms with van der Waals surface area (Å²) in [6, 6.07) is 14.0. The zero-order valence-corrected chi connectivity index (χ0v) is 16.1. The molecule has 0 bridgehead atoms. The number of nitrogens with zero attached hydrogens (tertiary/aromatic N) is 1. The van der Waals surface area contributed by atoms with Gasteiger partial charge in [-0.25, -0.2) is 4.39 Å². The van der Waals surface area contributed by atoms with Crippen LogP contribution < -0.4 is 15.4 Å². The third kappa shape index (κ3) is 5.92. The highest BCUT2D eigenvalue weighted by Crippen LogP contribution is 2.23. The molecule has 1 heterocycles. The van der Waals surface area contributed by atoms with Crippen LogP contribution in [0.2, 0.25) is 0 Å². The molecule has 1 aliphatic rings. The molecule has 0 spiro atoms. The second kappa shape index (κ2) is 10.3. The average molecular weight is 394 g/mol. The first kappa shape index (κ1) is 21.2. The topological polar surface area (TPSA) is 53.6 Å². The third-order valence-corrected chi connectivity index (χ3v) is 4.59. The van der Waals surface area contributed by atoms with Gasteiger partial charge in [0.15, 0.2) is 0 Å². The maximum atomic E-state index is 13.5. The highest BCUT2D eigenvalue weighted by molar-refractivity contribution is 5.90. The molecule has 146 valence electrons. The molecular formula is C20H25ClFN3O2. The summed E-state index contributed by atoms with van der Waals surface area (Å²) in [5, 5.41) is 6.24. The van der Waals surface area contributed by atoms with Crippen LogP contribution in [0.25, 0.3) is 0 Å². The average Bonchev–Trinajstić information content (AvgIpc) is 2.67. The van der Waals surface area contributed by atoms with E-state index < -0.39 is 0 Å². The van der Waals surface area contributed by atoms with Crippen molar-refractivity contribution in [2.45, 2.75) is 12.5 Å². The smallest absolute Gasteiger partial charge is 0.225 e. The molecule has 2 N–H and O–H groups in total. The molecule has 5 nitrogen and oxygen atoms in total. The van der Waals surface area contributed by atoms with E-state index in [-0.39, 0.29) is 30.2 Å². The van der Waals surface area contributed by atoms with Crippen molar-refractivity contribution in [1.29, 1.82) is 0 Å². The van der Waals surface area contributed by atoms with E-state index in [1.54, 1.807) is 19.2 Å². The van der Waals surface area contributed by atoms with Crippen molar-refractivity contribution in [3.63, 3.8) is 0 Å². The van der Waals surface area contributed by atoms with Crippen LogP contribution in [0.5, 0.6) is 5.75 Å². The van der Waals surface area contributed by atoms with Gasteiger partial charge in [-0.15, -0.1) is 12.4 Å². The van der Waals surface area contributed by atoms with Gasteiger partial charge in [-0.1, -0.05) is 12.1 Å². The molecule has 1 aliphatic heterocycles. The number of benzene rings is 2. The largest absolute Gasteiger partial charge is 0.497 e. The second-order valence-corrected chi connectivity index (χ2v) is 6.34. The first-order valence-electron chi connectivity index (χ1n) is 8.80. The van der Waals surface area contributed by atoms with E-state index in [4.69, 9.17) is 4.74 Å². The molecule has 1 atom stereocenters. The highest BCUT2D eigenvalue weighted by atomic mass is 35.5.